The number of thioether (sulfide) groups is 1. The molecule has 0 radical (unpaired) electrons. The Morgan fingerprint density at radius 3 is 2.81 bits per heavy atom. The third-order valence-electron chi connectivity index (χ3n) is 5.08. The first-order valence-electron chi connectivity index (χ1n) is 10.9. The van der Waals surface area contributed by atoms with E-state index in [1.54, 1.807) is 24.3 Å². The molecule has 0 saturated heterocycles. The molecule has 0 aliphatic heterocycles. The van der Waals surface area contributed by atoms with Crippen LogP contribution in [0.15, 0.2) is 59.6 Å². The molecule has 1 amide bonds. The van der Waals surface area contributed by atoms with Crippen molar-refractivity contribution >= 4 is 57.3 Å². The number of hydrogen-bond acceptors (Lipinski definition) is 7. The molecule has 186 valence electrons. The Morgan fingerprint density at radius 1 is 1.22 bits per heavy atom. The van der Waals surface area contributed by atoms with Gasteiger partial charge in [-0.25, -0.2) is 4.98 Å². The van der Waals surface area contributed by atoms with Crippen LogP contribution in [-0.4, -0.2) is 31.4 Å². The Morgan fingerprint density at radius 2 is 2.06 bits per heavy atom. The van der Waals surface area contributed by atoms with E-state index in [4.69, 9.17) is 27.9 Å². The van der Waals surface area contributed by atoms with Gasteiger partial charge < -0.3 is 10.1 Å². The quantitative estimate of drug-likeness (QED) is 0.169. The van der Waals surface area contributed by atoms with Crippen molar-refractivity contribution in [3.05, 3.63) is 81.4 Å². The monoisotopic (exact) mass is 559 g/mol. The molecule has 11 heteroatoms. The van der Waals surface area contributed by atoms with Crippen molar-refractivity contribution in [1.82, 2.24) is 19.7 Å². The van der Waals surface area contributed by atoms with Crippen molar-refractivity contribution in [3.8, 4) is 17.0 Å². The van der Waals surface area contributed by atoms with E-state index >= 15 is 0 Å². The molecule has 7 nitrogen and oxygen atoms in total. The summed E-state index contributed by atoms with van der Waals surface area (Å²) >= 11 is 14.8. The molecule has 1 N–H and O–H groups in total. The van der Waals surface area contributed by atoms with Crippen LogP contribution in [0.1, 0.15) is 17.0 Å². The number of carbonyl (C=O) groups is 1. The number of rotatable bonds is 10. The molecule has 0 spiro atoms. The van der Waals surface area contributed by atoms with E-state index in [-0.39, 0.29) is 18.3 Å². The maximum atomic E-state index is 12.6. The van der Waals surface area contributed by atoms with Gasteiger partial charge in [-0.3, -0.25) is 9.36 Å². The molecule has 4 rings (SSSR count). The summed E-state index contributed by atoms with van der Waals surface area (Å²) < 4.78 is 7.85. The molecule has 4 aromatic rings. The Labute approximate surface area is 227 Å². The molecule has 2 heterocycles. The summed E-state index contributed by atoms with van der Waals surface area (Å²) in [6, 6.07) is 11.2. The molecule has 0 saturated carbocycles. The number of halogens is 2. The molecule has 0 atom stereocenters. The Bertz CT molecular complexity index is 1400. The van der Waals surface area contributed by atoms with Crippen molar-refractivity contribution in [1.29, 1.82) is 0 Å². The van der Waals surface area contributed by atoms with Crippen LogP contribution < -0.4 is 10.1 Å². The van der Waals surface area contributed by atoms with Gasteiger partial charge in [-0.15, -0.1) is 28.1 Å². The highest BCUT2D eigenvalue weighted by Crippen LogP contribution is 2.32. The average Bonchev–Trinajstić information content (AvgIpc) is 3.44. The lowest BCUT2D eigenvalue weighted by Crippen LogP contribution is -2.15. The lowest BCUT2D eigenvalue weighted by molar-refractivity contribution is -0.113. The summed E-state index contributed by atoms with van der Waals surface area (Å²) in [4.78, 5) is 17.1. The number of nitrogens with one attached hydrogen (secondary N) is 1. The minimum atomic E-state index is -0.204. The molecule has 0 fully saturated rings. The van der Waals surface area contributed by atoms with Gasteiger partial charge in [0.2, 0.25) is 5.91 Å². The lowest BCUT2D eigenvalue weighted by Gasteiger charge is -2.11. The van der Waals surface area contributed by atoms with Gasteiger partial charge in [-0.2, -0.15) is 0 Å². The van der Waals surface area contributed by atoms with Crippen molar-refractivity contribution in [3.63, 3.8) is 0 Å². The first-order valence-corrected chi connectivity index (χ1v) is 13.5. The van der Waals surface area contributed by atoms with Crippen molar-refractivity contribution < 1.29 is 9.53 Å². The summed E-state index contributed by atoms with van der Waals surface area (Å²) in [7, 11) is 0. The largest absolute Gasteiger partial charge is 0.485 e. The Kier molecular flexibility index (Phi) is 8.68. The van der Waals surface area contributed by atoms with E-state index in [0.29, 0.717) is 38.4 Å². The molecule has 0 bridgehead atoms. The van der Waals surface area contributed by atoms with Gasteiger partial charge in [0, 0.05) is 22.5 Å². The van der Waals surface area contributed by atoms with Crippen LogP contribution >= 0.6 is 46.3 Å². The third kappa shape index (κ3) is 6.47. The minimum absolute atomic E-state index is 0.143. The molecule has 2 aromatic carbocycles. The van der Waals surface area contributed by atoms with Crippen LogP contribution in [0.2, 0.25) is 10.0 Å². The van der Waals surface area contributed by atoms with Gasteiger partial charge in [-0.1, -0.05) is 58.7 Å². The van der Waals surface area contributed by atoms with Gasteiger partial charge in [0.25, 0.3) is 0 Å². The van der Waals surface area contributed by atoms with E-state index in [0.717, 1.165) is 16.9 Å². The predicted molar refractivity (Wildman–Crippen MR) is 147 cm³/mol. The number of amides is 1. The first kappa shape index (κ1) is 26.2. The zero-order chi connectivity index (χ0) is 25.7. The van der Waals surface area contributed by atoms with Crippen LogP contribution in [0, 0.1) is 13.8 Å². The van der Waals surface area contributed by atoms with Gasteiger partial charge >= 0.3 is 0 Å². The summed E-state index contributed by atoms with van der Waals surface area (Å²) in [6.07, 6.45) is 1.76. The lowest BCUT2D eigenvalue weighted by atomic mass is 10.1. The molecule has 0 aliphatic rings. The van der Waals surface area contributed by atoms with E-state index in [2.05, 4.69) is 33.1 Å². The number of benzene rings is 2. The number of nitrogens with zero attached hydrogens (tertiary/aromatic N) is 4. The van der Waals surface area contributed by atoms with Crippen LogP contribution in [0.3, 0.4) is 0 Å². The van der Waals surface area contributed by atoms with Gasteiger partial charge in [0.05, 0.1) is 16.5 Å². The fraction of sp³-hybridized carbons (Fsp3) is 0.200. The highest BCUT2D eigenvalue weighted by molar-refractivity contribution is 7.99. The molecule has 2 aromatic heterocycles. The van der Waals surface area contributed by atoms with Crippen molar-refractivity contribution in [2.45, 2.75) is 32.2 Å². The number of thiazole rings is 1. The minimum Gasteiger partial charge on any atom is -0.485 e. The van der Waals surface area contributed by atoms with E-state index in [9.17, 15) is 4.79 Å². The fourth-order valence-electron chi connectivity index (χ4n) is 3.39. The molecule has 0 unspecified atom stereocenters. The van der Waals surface area contributed by atoms with E-state index in [1.807, 2.05) is 35.9 Å². The number of anilines is 1. The summed E-state index contributed by atoms with van der Waals surface area (Å²) in [5, 5.41) is 15.3. The molecule has 0 aliphatic carbocycles. The van der Waals surface area contributed by atoms with Gasteiger partial charge in [0.15, 0.2) is 16.1 Å². The number of allylic oxidation sites excluding steroid dienone is 1. The standard InChI is InChI=1S/C25H23Cl2N5O2S2/c1-4-9-32-22(12-34-21-8-5-15(2)10-16(21)3)30-31-25(32)36-14-23(33)29-24-28-20(13-35-24)18-7-6-17(26)11-19(18)27/h4-8,10-11,13H,1,9,12,14H2,2-3H3,(H,28,29,33). The summed E-state index contributed by atoms with van der Waals surface area (Å²) in [6.45, 7) is 8.62. The molecular weight excluding hydrogens is 537 g/mol. The van der Waals surface area contributed by atoms with Crippen molar-refractivity contribution in [2.75, 3.05) is 11.1 Å². The Hall–Kier alpha value is -2.85. The second kappa shape index (κ2) is 11.9. The number of carbonyl (C=O) groups excluding carboxylic acids is 1. The third-order valence-corrected chi connectivity index (χ3v) is 7.35. The summed E-state index contributed by atoms with van der Waals surface area (Å²) in [5.74, 6) is 1.39. The molecular formula is C25H23Cl2N5O2S2. The number of aryl methyl sites for hydroxylation is 2. The van der Waals surface area contributed by atoms with Crippen LogP contribution in [0.4, 0.5) is 5.13 Å². The zero-order valence-electron chi connectivity index (χ0n) is 19.6. The van der Waals surface area contributed by atoms with Crippen LogP contribution in [0.5, 0.6) is 5.75 Å². The van der Waals surface area contributed by atoms with Gasteiger partial charge in [0.1, 0.15) is 12.4 Å². The maximum absolute atomic E-state index is 12.6. The number of aromatic nitrogens is 4. The topological polar surface area (TPSA) is 81.9 Å². The highest BCUT2D eigenvalue weighted by Gasteiger charge is 2.16. The highest BCUT2D eigenvalue weighted by atomic mass is 35.5. The van der Waals surface area contributed by atoms with E-state index < -0.39 is 0 Å². The number of ether oxygens (including phenoxy) is 1. The molecule has 36 heavy (non-hydrogen) atoms. The maximum Gasteiger partial charge on any atom is 0.236 e. The van der Waals surface area contributed by atoms with E-state index in [1.165, 1.54) is 28.7 Å². The smallest absolute Gasteiger partial charge is 0.236 e. The fourth-order valence-corrected chi connectivity index (χ4v) is 5.38. The second-order valence-electron chi connectivity index (χ2n) is 7.85. The van der Waals surface area contributed by atoms with Crippen molar-refractivity contribution in [2.24, 2.45) is 0 Å². The van der Waals surface area contributed by atoms with Crippen LogP contribution in [-0.2, 0) is 17.9 Å². The van der Waals surface area contributed by atoms with Gasteiger partial charge in [-0.05, 0) is 43.7 Å². The zero-order valence-corrected chi connectivity index (χ0v) is 22.8. The predicted octanol–water partition coefficient (Wildman–Crippen LogP) is 6.82. The second-order valence-corrected chi connectivity index (χ2v) is 10.5. The Balaban J connectivity index is 1.37. The SMILES string of the molecule is C=CCn1c(COc2ccc(C)cc2C)nnc1SCC(=O)Nc1nc(-c2ccc(Cl)cc2Cl)cs1. The number of hydrogen-bond donors (Lipinski definition) is 1. The normalized spacial score (nSPS) is 10.9. The van der Waals surface area contributed by atoms with Crippen LogP contribution in [0.25, 0.3) is 11.3 Å². The first-order chi connectivity index (χ1) is 17.3. The average molecular weight is 561 g/mol. The summed E-state index contributed by atoms with van der Waals surface area (Å²) in [5.41, 5.74) is 3.65.